The maximum atomic E-state index is 8.74. The highest BCUT2D eigenvalue weighted by molar-refractivity contribution is 7.79. The van der Waals surface area contributed by atoms with E-state index in [1.165, 1.54) is 0 Å². The van der Waals surface area contributed by atoms with Crippen LogP contribution in [0.4, 0.5) is 11.4 Å². The fourth-order valence-corrected chi connectivity index (χ4v) is 2.17. The van der Waals surface area contributed by atoms with E-state index in [1.807, 2.05) is 26.0 Å². The lowest BCUT2D eigenvalue weighted by Crippen LogP contribution is -2.36. The maximum Gasteiger partial charge on any atom is 0.394 e. The van der Waals surface area contributed by atoms with Crippen LogP contribution in [0.25, 0.3) is 0 Å². The number of ether oxygens (including phenoxy) is 3. The van der Waals surface area contributed by atoms with Gasteiger partial charge in [0, 0.05) is 25.2 Å². The van der Waals surface area contributed by atoms with Gasteiger partial charge in [0.15, 0.2) is 0 Å². The normalized spacial score (nSPS) is 14.6. The molecular weight excluding hydrogens is 340 g/mol. The molecule has 0 saturated carbocycles. The van der Waals surface area contributed by atoms with Crippen molar-refractivity contribution in [2.75, 3.05) is 50.2 Å². The third-order valence-corrected chi connectivity index (χ3v) is 3.04. The molecule has 10 heteroatoms. The molecule has 0 radical (unpaired) electrons. The van der Waals surface area contributed by atoms with Gasteiger partial charge in [0.1, 0.15) is 11.5 Å². The molecule has 1 saturated heterocycles. The van der Waals surface area contributed by atoms with Crippen LogP contribution in [0.1, 0.15) is 13.8 Å². The predicted octanol–water partition coefficient (Wildman–Crippen LogP) is 1.25. The molecule has 0 spiro atoms. The van der Waals surface area contributed by atoms with Crippen LogP contribution < -0.4 is 20.1 Å². The summed E-state index contributed by atoms with van der Waals surface area (Å²) in [6.07, 6.45) is 0. The van der Waals surface area contributed by atoms with E-state index in [2.05, 4.69) is 4.90 Å². The molecule has 0 aliphatic carbocycles. The molecule has 0 aromatic heterocycles. The molecule has 2 rings (SSSR count). The topological polar surface area (TPSA) is 132 Å². The lowest BCUT2D eigenvalue weighted by atomic mass is 10.2. The van der Waals surface area contributed by atoms with Crippen LogP contribution in [0.5, 0.6) is 11.5 Å². The monoisotopic (exact) mass is 364 g/mol. The van der Waals surface area contributed by atoms with Crippen molar-refractivity contribution in [3.8, 4) is 11.5 Å². The van der Waals surface area contributed by atoms with Gasteiger partial charge in [-0.1, -0.05) is 0 Å². The molecule has 1 aliphatic rings. The number of anilines is 2. The summed E-state index contributed by atoms with van der Waals surface area (Å²) in [6, 6.07) is 3.81. The Bertz CT molecular complexity index is 608. The minimum Gasteiger partial charge on any atom is -0.492 e. The van der Waals surface area contributed by atoms with Crippen molar-refractivity contribution in [3.63, 3.8) is 0 Å². The molecule has 9 nitrogen and oxygen atoms in total. The highest BCUT2D eigenvalue weighted by atomic mass is 32.3. The number of nitrogens with two attached hydrogens (primary N) is 1. The minimum atomic E-state index is -4.67. The lowest BCUT2D eigenvalue weighted by molar-refractivity contribution is 0.122. The molecule has 1 aromatic carbocycles. The highest BCUT2D eigenvalue weighted by Gasteiger charge is 2.18. The first-order valence-electron chi connectivity index (χ1n) is 7.48. The summed E-state index contributed by atoms with van der Waals surface area (Å²) >= 11 is 0. The molecule has 1 heterocycles. The van der Waals surface area contributed by atoms with E-state index >= 15 is 0 Å². The first kappa shape index (κ1) is 20.3. The van der Waals surface area contributed by atoms with Gasteiger partial charge in [-0.25, -0.2) is 0 Å². The Kier molecular flexibility index (Phi) is 8.05. The van der Waals surface area contributed by atoms with Crippen LogP contribution in [-0.4, -0.2) is 57.0 Å². The smallest absolute Gasteiger partial charge is 0.394 e. The summed E-state index contributed by atoms with van der Waals surface area (Å²) in [5.41, 5.74) is 7.63. The summed E-state index contributed by atoms with van der Waals surface area (Å²) in [5, 5.41) is 0. The predicted molar refractivity (Wildman–Crippen MR) is 90.4 cm³/mol. The Morgan fingerprint density at radius 2 is 1.62 bits per heavy atom. The average Bonchev–Trinajstić information content (AvgIpc) is 2.49. The molecule has 1 aliphatic heterocycles. The average molecular weight is 364 g/mol. The van der Waals surface area contributed by atoms with Crippen LogP contribution in [0.3, 0.4) is 0 Å². The molecule has 0 unspecified atom stereocenters. The first-order chi connectivity index (χ1) is 11.3. The van der Waals surface area contributed by atoms with E-state index in [9.17, 15) is 0 Å². The standard InChI is InChI=1S/C14H22N2O3.H2O4S/c1-3-18-13-10-12(16-5-7-17-8-6-16)14(19-4-2)9-11(13)15;1-5(2,3)4/h9-10H,3-8,15H2,1-2H3;(H2,1,2,3,4). The van der Waals surface area contributed by atoms with Crippen molar-refractivity contribution in [2.45, 2.75) is 13.8 Å². The molecule has 138 valence electrons. The number of hydrogen-bond donors (Lipinski definition) is 3. The van der Waals surface area contributed by atoms with Crippen LogP contribution in [0.2, 0.25) is 0 Å². The van der Waals surface area contributed by atoms with Gasteiger partial charge in [-0.2, -0.15) is 8.42 Å². The zero-order valence-corrected chi connectivity index (χ0v) is 14.6. The van der Waals surface area contributed by atoms with E-state index in [1.54, 1.807) is 0 Å². The van der Waals surface area contributed by atoms with Crippen molar-refractivity contribution >= 4 is 21.8 Å². The van der Waals surface area contributed by atoms with Crippen molar-refractivity contribution < 1.29 is 31.7 Å². The maximum absolute atomic E-state index is 8.74. The van der Waals surface area contributed by atoms with E-state index in [0.29, 0.717) is 24.7 Å². The Morgan fingerprint density at radius 3 is 2.12 bits per heavy atom. The van der Waals surface area contributed by atoms with Crippen molar-refractivity contribution in [2.24, 2.45) is 0 Å². The Balaban J connectivity index is 0.000000505. The molecule has 1 aromatic rings. The third kappa shape index (κ3) is 7.21. The number of nitrogens with zero attached hydrogens (tertiary/aromatic N) is 1. The first-order valence-corrected chi connectivity index (χ1v) is 8.87. The van der Waals surface area contributed by atoms with Gasteiger partial charge in [-0.05, 0) is 13.8 Å². The van der Waals surface area contributed by atoms with E-state index in [0.717, 1.165) is 37.7 Å². The lowest BCUT2D eigenvalue weighted by Gasteiger charge is -2.30. The summed E-state index contributed by atoms with van der Waals surface area (Å²) < 4.78 is 48.2. The summed E-state index contributed by atoms with van der Waals surface area (Å²) in [6.45, 7) is 8.32. The molecular formula is C14H24N2O7S. The van der Waals surface area contributed by atoms with Gasteiger partial charge in [0.25, 0.3) is 0 Å². The number of nitrogen functional groups attached to an aromatic ring is 1. The van der Waals surface area contributed by atoms with E-state index in [-0.39, 0.29) is 0 Å². The molecule has 1 fully saturated rings. The number of rotatable bonds is 5. The Morgan fingerprint density at radius 1 is 1.12 bits per heavy atom. The molecule has 0 bridgehead atoms. The van der Waals surface area contributed by atoms with Gasteiger partial charge in [-0.3, -0.25) is 9.11 Å². The number of hydrogen-bond acceptors (Lipinski definition) is 7. The molecule has 4 N–H and O–H groups in total. The second-order valence-corrected chi connectivity index (χ2v) is 5.67. The van der Waals surface area contributed by atoms with E-state index in [4.69, 9.17) is 37.5 Å². The largest absolute Gasteiger partial charge is 0.492 e. The highest BCUT2D eigenvalue weighted by Crippen LogP contribution is 2.37. The van der Waals surface area contributed by atoms with Gasteiger partial charge >= 0.3 is 10.4 Å². The molecule has 0 atom stereocenters. The Labute approximate surface area is 141 Å². The summed E-state index contributed by atoms with van der Waals surface area (Å²) in [5.74, 6) is 1.53. The molecule has 0 amide bonds. The fourth-order valence-electron chi connectivity index (χ4n) is 2.17. The van der Waals surface area contributed by atoms with Crippen LogP contribution in [0.15, 0.2) is 12.1 Å². The molecule has 24 heavy (non-hydrogen) atoms. The zero-order valence-electron chi connectivity index (χ0n) is 13.8. The van der Waals surface area contributed by atoms with Crippen LogP contribution in [0, 0.1) is 0 Å². The second-order valence-electron chi connectivity index (χ2n) is 4.77. The third-order valence-electron chi connectivity index (χ3n) is 3.04. The minimum absolute atomic E-state index is 0.598. The van der Waals surface area contributed by atoms with Crippen LogP contribution in [-0.2, 0) is 15.1 Å². The SMILES string of the molecule is CCOc1cc(N2CCOCC2)c(OCC)cc1N.O=S(=O)(O)O. The fraction of sp³-hybridized carbons (Fsp3) is 0.571. The summed E-state index contributed by atoms with van der Waals surface area (Å²) in [7, 11) is -4.67. The quantitative estimate of drug-likeness (QED) is 0.521. The van der Waals surface area contributed by atoms with E-state index < -0.39 is 10.4 Å². The van der Waals surface area contributed by atoms with Crippen LogP contribution >= 0.6 is 0 Å². The number of benzene rings is 1. The van der Waals surface area contributed by atoms with Gasteiger partial charge in [0.2, 0.25) is 0 Å². The summed E-state index contributed by atoms with van der Waals surface area (Å²) in [4.78, 5) is 2.25. The zero-order chi connectivity index (χ0) is 18.2. The second kappa shape index (κ2) is 9.52. The Hall–Kier alpha value is -1.75. The van der Waals surface area contributed by atoms with Gasteiger partial charge in [0.05, 0.1) is 37.8 Å². The van der Waals surface area contributed by atoms with Gasteiger partial charge in [-0.15, -0.1) is 0 Å². The van der Waals surface area contributed by atoms with Gasteiger partial charge < -0.3 is 24.8 Å². The van der Waals surface area contributed by atoms with Crippen molar-refractivity contribution in [3.05, 3.63) is 12.1 Å². The number of morpholine rings is 1. The van der Waals surface area contributed by atoms with Crippen molar-refractivity contribution in [1.82, 2.24) is 0 Å². The van der Waals surface area contributed by atoms with Crippen molar-refractivity contribution in [1.29, 1.82) is 0 Å².